The van der Waals surface area contributed by atoms with Gasteiger partial charge in [0.15, 0.2) is 12.1 Å². The van der Waals surface area contributed by atoms with Gasteiger partial charge in [0.25, 0.3) is 0 Å². The van der Waals surface area contributed by atoms with E-state index >= 15 is 0 Å². The van der Waals surface area contributed by atoms with Crippen molar-refractivity contribution in [3.8, 4) is 0 Å². The number of aliphatic hydroxyl groups is 1. The summed E-state index contributed by atoms with van der Waals surface area (Å²) in [6.07, 6.45) is 3.98. The summed E-state index contributed by atoms with van der Waals surface area (Å²) in [5, 5.41) is 19.6. The van der Waals surface area contributed by atoms with Crippen molar-refractivity contribution in [2.45, 2.75) is 70.7 Å². The fourth-order valence-electron chi connectivity index (χ4n) is 5.82. The van der Waals surface area contributed by atoms with Gasteiger partial charge in [0.05, 0.1) is 0 Å². The normalized spacial score (nSPS) is 62.4. The van der Waals surface area contributed by atoms with Gasteiger partial charge in [-0.2, -0.15) is 0 Å². The van der Waals surface area contributed by atoms with Crippen molar-refractivity contribution in [2.75, 3.05) is 0 Å². The first kappa shape index (κ1) is 14.4. The molecule has 5 nitrogen and oxygen atoms in total. The Labute approximate surface area is 125 Å². The Balaban J connectivity index is 1.78. The van der Waals surface area contributed by atoms with Crippen molar-refractivity contribution in [3.63, 3.8) is 0 Å². The lowest BCUT2D eigenvalue weighted by molar-refractivity contribution is -0.448. The Bertz CT molecular complexity index is 456. The van der Waals surface area contributed by atoms with Crippen LogP contribution in [0.4, 0.5) is 0 Å². The summed E-state index contributed by atoms with van der Waals surface area (Å²) in [5.41, 5.74) is -0.000394. The standard InChI is InChI=1S/C16H26O5/c1-9-4-5-12-10(2)13(17)19-16-8-15(12,16)11(9)6-7-14(3,20-16)21-18/h9-13,17-18H,4-8H2,1-3H3/t9-,10-,11?,12?,13?,14-,15+,16+/m1/s1. The second kappa shape index (κ2) is 4.20. The first-order valence-electron chi connectivity index (χ1n) is 8.26. The lowest BCUT2D eigenvalue weighted by Gasteiger charge is -2.50. The molecule has 0 aromatic carbocycles. The van der Waals surface area contributed by atoms with Gasteiger partial charge in [0, 0.05) is 24.2 Å². The van der Waals surface area contributed by atoms with E-state index in [-0.39, 0.29) is 11.3 Å². The molecule has 8 atom stereocenters. The summed E-state index contributed by atoms with van der Waals surface area (Å²) in [6, 6.07) is 0. The third kappa shape index (κ3) is 1.64. The van der Waals surface area contributed by atoms with E-state index in [4.69, 9.17) is 9.47 Å². The molecule has 0 radical (unpaired) electrons. The van der Waals surface area contributed by atoms with Crippen molar-refractivity contribution < 1.29 is 24.7 Å². The number of ether oxygens (including phenoxy) is 2. The molecular weight excluding hydrogens is 272 g/mol. The van der Waals surface area contributed by atoms with Gasteiger partial charge < -0.3 is 14.6 Å². The minimum atomic E-state index is -1.04. The Morgan fingerprint density at radius 3 is 2.62 bits per heavy atom. The molecule has 0 amide bonds. The van der Waals surface area contributed by atoms with Crippen molar-refractivity contribution >= 4 is 0 Å². The molecule has 0 bridgehead atoms. The molecular formula is C16H26O5. The fraction of sp³-hybridized carbons (Fsp3) is 1.00. The van der Waals surface area contributed by atoms with E-state index in [1.165, 1.54) is 6.42 Å². The molecule has 2 aliphatic heterocycles. The van der Waals surface area contributed by atoms with E-state index in [0.717, 1.165) is 19.3 Å². The zero-order valence-electron chi connectivity index (χ0n) is 13.0. The van der Waals surface area contributed by atoms with E-state index in [2.05, 4.69) is 18.7 Å². The van der Waals surface area contributed by atoms with Crippen LogP contribution >= 0.6 is 0 Å². The third-order valence-electron chi connectivity index (χ3n) is 6.93. The first-order chi connectivity index (χ1) is 9.87. The molecule has 4 aliphatic rings. The van der Waals surface area contributed by atoms with Gasteiger partial charge in [-0.1, -0.05) is 20.3 Å². The van der Waals surface area contributed by atoms with Gasteiger partial charge in [-0.3, -0.25) is 0 Å². The predicted octanol–water partition coefficient (Wildman–Crippen LogP) is 2.74. The Kier molecular flexibility index (Phi) is 2.88. The number of hydrogen-bond donors (Lipinski definition) is 2. The SMILES string of the molecule is C[C@H]1C(O)O[C@]23C[C@]24C1CC[C@@H](C)C4CC[C@@](C)(OO)O3. The highest BCUT2D eigenvalue weighted by Crippen LogP contribution is 2.78. The Hall–Kier alpha value is -0.200. The van der Waals surface area contributed by atoms with Gasteiger partial charge in [0.1, 0.15) is 0 Å². The molecule has 4 rings (SSSR count). The summed E-state index contributed by atoms with van der Waals surface area (Å²) in [4.78, 5) is 4.66. The molecule has 0 aromatic heterocycles. The average Bonchev–Trinajstić information content (AvgIpc) is 3.06. The van der Waals surface area contributed by atoms with Crippen LogP contribution in [0.15, 0.2) is 0 Å². The summed E-state index contributed by atoms with van der Waals surface area (Å²) in [5.74, 6) is -0.0911. The van der Waals surface area contributed by atoms with Crippen LogP contribution < -0.4 is 0 Å². The molecule has 2 heterocycles. The second-order valence-corrected chi connectivity index (χ2v) is 7.97. The molecule has 21 heavy (non-hydrogen) atoms. The second-order valence-electron chi connectivity index (χ2n) is 7.97. The van der Waals surface area contributed by atoms with Gasteiger partial charge >= 0.3 is 0 Å². The molecule has 3 unspecified atom stereocenters. The van der Waals surface area contributed by atoms with Crippen molar-refractivity contribution in [3.05, 3.63) is 0 Å². The number of aliphatic hydroxyl groups excluding tert-OH is 1. The lowest BCUT2D eigenvalue weighted by Crippen LogP contribution is -2.53. The Morgan fingerprint density at radius 1 is 1.14 bits per heavy atom. The Morgan fingerprint density at radius 2 is 1.90 bits per heavy atom. The van der Waals surface area contributed by atoms with Crippen molar-refractivity contribution in [2.24, 2.45) is 29.1 Å². The van der Waals surface area contributed by atoms with E-state index < -0.39 is 17.9 Å². The minimum absolute atomic E-state index is 0.000394. The third-order valence-corrected chi connectivity index (χ3v) is 6.93. The van der Waals surface area contributed by atoms with E-state index in [9.17, 15) is 10.4 Å². The number of hydrogen-bond acceptors (Lipinski definition) is 5. The fourth-order valence-corrected chi connectivity index (χ4v) is 5.82. The predicted molar refractivity (Wildman–Crippen MR) is 73.9 cm³/mol. The molecule has 4 fully saturated rings. The van der Waals surface area contributed by atoms with Gasteiger partial charge in [-0.15, -0.1) is 0 Å². The largest absolute Gasteiger partial charge is 0.368 e. The summed E-state index contributed by atoms with van der Waals surface area (Å²) in [6.45, 7) is 6.17. The van der Waals surface area contributed by atoms with Gasteiger partial charge in [0.2, 0.25) is 5.79 Å². The zero-order valence-corrected chi connectivity index (χ0v) is 13.0. The van der Waals surface area contributed by atoms with Crippen LogP contribution in [0.2, 0.25) is 0 Å². The topological polar surface area (TPSA) is 68.2 Å². The molecule has 120 valence electrons. The highest BCUT2D eigenvalue weighted by atomic mass is 17.2. The smallest absolute Gasteiger partial charge is 0.201 e. The van der Waals surface area contributed by atoms with Crippen molar-refractivity contribution in [1.82, 2.24) is 0 Å². The zero-order chi connectivity index (χ0) is 15.0. The molecule has 2 saturated carbocycles. The van der Waals surface area contributed by atoms with Crippen LogP contribution in [-0.2, 0) is 14.4 Å². The summed E-state index contributed by atoms with van der Waals surface area (Å²) in [7, 11) is 0. The van der Waals surface area contributed by atoms with Crippen LogP contribution in [-0.4, -0.2) is 28.2 Å². The van der Waals surface area contributed by atoms with Crippen LogP contribution in [0, 0.1) is 29.1 Å². The quantitative estimate of drug-likeness (QED) is 0.575. The minimum Gasteiger partial charge on any atom is -0.368 e. The summed E-state index contributed by atoms with van der Waals surface area (Å²) >= 11 is 0. The van der Waals surface area contributed by atoms with Crippen LogP contribution in [0.1, 0.15) is 52.9 Å². The molecule has 5 heteroatoms. The summed E-state index contributed by atoms with van der Waals surface area (Å²) < 4.78 is 12.1. The van der Waals surface area contributed by atoms with E-state index in [1.807, 2.05) is 0 Å². The number of rotatable bonds is 1. The molecule has 2 saturated heterocycles. The highest BCUT2D eigenvalue weighted by molar-refractivity contribution is 5.24. The molecule has 2 N–H and O–H groups in total. The maximum absolute atomic E-state index is 10.3. The molecule has 2 aliphatic carbocycles. The lowest BCUT2D eigenvalue weighted by atomic mass is 9.58. The monoisotopic (exact) mass is 298 g/mol. The average molecular weight is 298 g/mol. The van der Waals surface area contributed by atoms with Crippen LogP contribution in [0.3, 0.4) is 0 Å². The maximum atomic E-state index is 10.3. The maximum Gasteiger partial charge on any atom is 0.201 e. The molecule has 1 spiro atoms. The van der Waals surface area contributed by atoms with Crippen molar-refractivity contribution in [1.29, 1.82) is 0 Å². The highest BCUT2D eigenvalue weighted by Gasteiger charge is 2.83. The van der Waals surface area contributed by atoms with E-state index in [1.54, 1.807) is 6.92 Å². The van der Waals surface area contributed by atoms with Crippen LogP contribution in [0.5, 0.6) is 0 Å². The molecule has 0 aromatic rings. The van der Waals surface area contributed by atoms with E-state index in [0.29, 0.717) is 24.2 Å². The van der Waals surface area contributed by atoms with Gasteiger partial charge in [-0.25, -0.2) is 10.1 Å². The van der Waals surface area contributed by atoms with Crippen LogP contribution in [0.25, 0.3) is 0 Å². The first-order valence-corrected chi connectivity index (χ1v) is 8.26. The van der Waals surface area contributed by atoms with Gasteiger partial charge in [-0.05, 0) is 37.5 Å².